The molecule has 0 aliphatic heterocycles. The highest BCUT2D eigenvalue weighted by atomic mass is 32.2. The third-order valence-corrected chi connectivity index (χ3v) is 6.95. The maximum absolute atomic E-state index is 12.9. The van der Waals surface area contributed by atoms with Crippen LogP contribution in [0.4, 0.5) is 13.2 Å². The zero-order valence-corrected chi connectivity index (χ0v) is 19.3. The largest absolute Gasteiger partial charge is 0.390 e. The Morgan fingerprint density at radius 3 is 2.43 bits per heavy atom. The first kappa shape index (κ1) is 23.2. The van der Waals surface area contributed by atoms with Crippen molar-refractivity contribution in [2.75, 3.05) is 5.75 Å². The predicted molar refractivity (Wildman–Crippen MR) is 126 cm³/mol. The molecule has 1 amide bonds. The van der Waals surface area contributed by atoms with Gasteiger partial charge in [-0.25, -0.2) is 9.97 Å². The van der Waals surface area contributed by atoms with Crippen LogP contribution in [0.2, 0.25) is 0 Å². The van der Waals surface area contributed by atoms with Gasteiger partial charge in [0.1, 0.15) is 0 Å². The molecule has 180 valence electrons. The zero-order valence-electron chi connectivity index (χ0n) is 18.5. The Bertz CT molecular complexity index is 1400. The zero-order chi connectivity index (χ0) is 24.6. The summed E-state index contributed by atoms with van der Waals surface area (Å²) in [5, 5.41) is 2.95. The third-order valence-electron chi connectivity index (χ3n) is 5.67. The highest BCUT2D eigenvalue weighted by Crippen LogP contribution is 2.29. The molecule has 4 aromatic rings. The minimum Gasteiger partial charge on any atom is -0.349 e. The van der Waals surface area contributed by atoms with Gasteiger partial charge in [-0.1, -0.05) is 42.5 Å². The van der Waals surface area contributed by atoms with Crippen molar-refractivity contribution in [3.05, 3.63) is 72.6 Å². The van der Waals surface area contributed by atoms with Crippen molar-refractivity contribution >= 4 is 22.4 Å². The molecular formula is C25H21F3N4O2S. The van der Waals surface area contributed by atoms with Gasteiger partial charge in [0.15, 0.2) is 10.7 Å². The van der Waals surface area contributed by atoms with E-state index in [1.807, 2.05) is 30.3 Å². The Balaban J connectivity index is 1.55. The van der Waals surface area contributed by atoms with E-state index in [1.165, 1.54) is 0 Å². The Kier molecular flexibility index (Phi) is 6.14. The number of alkyl halides is 3. The number of hydrogen-bond acceptors (Lipinski definition) is 4. The summed E-state index contributed by atoms with van der Waals surface area (Å²) < 4.78 is 52.9. The number of benzene rings is 2. The van der Waals surface area contributed by atoms with Gasteiger partial charge in [0.2, 0.25) is 0 Å². The highest BCUT2D eigenvalue weighted by Gasteiger charge is 2.29. The summed E-state index contributed by atoms with van der Waals surface area (Å²) in [7, 11) is -2.01. The van der Waals surface area contributed by atoms with E-state index in [1.54, 1.807) is 41.1 Å². The summed E-state index contributed by atoms with van der Waals surface area (Å²) in [6, 6.07) is 16.4. The first-order valence-electron chi connectivity index (χ1n) is 11.1. The molecule has 1 atom stereocenters. The summed E-state index contributed by atoms with van der Waals surface area (Å²) >= 11 is 0. The molecule has 0 saturated heterocycles. The molecule has 35 heavy (non-hydrogen) atoms. The lowest BCUT2D eigenvalue weighted by atomic mass is 10.1. The first-order chi connectivity index (χ1) is 16.8. The second-order valence-electron chi connectivity index (χ2n) is 8.37. The highest BCUT2D eigenvalue weighted by molar-refractivity contribution is 7.85. The first-order valence-corrected chi connectivity index (χ1v) is 12.4. The van der Waals surface area contributed by atoms with E-state index in [2.05, 4.69) is 15.3 Å². The normalized spacial score (nSPS) is 14.7. The van der Waals surface area contributed by atoms with E-state index in [-0.39, 0.29) is 22.6 Å². The van der Waals surface area contributed by atoms with E-state index in [0.29, 0.717) is 17.0 Å². The van der Waals surface area contributed by atoms with Crippen LogP contribution in [0.15, 0.2) is 72.0 Å². The summed E-state index contributed by atoms with van der Waals surface area (Å²) in [5.41, 5.74) is 3.36. The number of rotatable bonds is 7. The molecule has 1 aliphatic carbocycles. The van der Waals surface area contributed by atoms with Crippen LogP contribution in [-0.4, -0.2) is 42.5 Å². The maximum atomic E-state index is 12.9. The van der Waals surface area contributed by atoms with Gasteiger partial charge in [0.25, 0.3) is 5.91 Å². The lowest BCUT2D eigenvalue weighted by molar-refractivity contribution is -0.129. The van der Waals surface area contributed by atoms with Crippen LogP contribution in [0, 0.1) is 0 Å². The molecular weight excluding hydrogens is 477 g/mol. The second-order valence-corrected chi connectivity index (χ2v) is 9.86. The van der Waals surface area contributed by atoms with Gasteiger partial charge in [0, 0.05) is 34.7 Å². The Morgan fingerprint density at radius 2 is 1.77 bits per heavy atom. The Morgan fingerprint density at radius 1 is 1.06 bits per heavy atom. The molecule has 10 heteroatoms. The van der Waals surface area contributed by atoms with Crippen molar-refractivity contribution in [1.82, 2.24) is 19.7 Å². The molecule has 2 aromatic carbocycles. The third kappa shape index (κ3) is 5.27. The van der Waals surface area contributed by atoms with Gasteiger partial charge < -0.3 is 5.32 Å². The number of amides is 1. The SMILES string of the molecule is O=C(NC1CC1)c1ccc(-c2cnc3c(S(=O)CCC(F)(F)F)nc(-c4ccccc4)cn23)cc1. The van der Waals surface area contributed by atoms with Crippen molar-refractivity contribution in [2.24, 2.45) is 0 Å². The molecule has 1 aliphatic rings. The number of carbonyl (C=O) groups excluding carboxylic acids is 1. The number of aromatic nitrogens is 3. The quantitative estimate of drug-likeness (QED) is 0.389. The van der Waals surface area contributed by atoms with Crippen LogP contribution in [0.25, 0.3) is 28.2 Å². The fourth-order valence-corrected chi connectivity index (χ4v) is 4.83. The standard InChI is InChI=1S/C25H21F3N4O2S/c26-25(27,28)12-13-35(34)24-22-29-14-21(32(22)15-20(31-24)16-4-2-1-3-5-16)17-6-8-18(9-7-17)23(33)30-19-10-11-19/h1-9,14-15,19H,10-13H2,(H,30,33). The van der Waals surface area contributed by atoms with E-state index in [4.69, 9.17) is 0 Å². The predicted octanol–water partition coefficient (Wildman–Crippen LogP) is 5.02. The summed E-state index contributed by atoms with van der Waals surface area (Å²) in [4.78, 5) is 21.1. The van der Waals surface area contributed by atoms with Gasteiger partial charge in [-0.05, 0) is 25.0 Å². The minimum atomic E-state index is -4.42. The molecule has 6 nitrogen and oxygen atoms in total. The van der Waals surface area contributed by atoms with Crippen molar-refractivity contribution in [2.45, 2.75) is 36.5 Å². The lowest BCUT2D eigenvalue weighted by Crippen LogP contribution is -2.25. The number of imidazole rings is 1. The fraction of sp³-hybridized carbons (Fsp3) is 0.240. The molecule has 5 rings (SSSR count). The van der Waals surface area contributed by atoms with E-state index in [9.17, 15) is 22.2 Å². The molecule has 0 radical (unpaired) electrons. The van der Waals surface area contributed by atoms with Crippen molar-refractivity contribution < 1.29 is 22.2 Å². The number of carbonyl (C=O) groups is 1. The number of nitrogens with one attached hydrogen (secondary N) is 1. The average Bonchev–Trinajstić information content (AvgIpc) is 3.57. The fourth-order valence-electron chi connectivity index (χ4n) is 3.67. The van der Waals surface area contributed by atoms with Crippen LogP contribution in [0.1, 0.15) is 29.6 Å². The van der Waals surface area contributed by atoms with Crippen LogP contribution in [0.5, 0.6) is 0 Å². The monoisotopic (exact) mass is 498 g/mol. The lowest BCUT2D eigenvalue weighted by Gasteiger charge is -2.11. The molecule has 1 fully saturated rings. The Labute approximate surface area is 201 Å². The summed E-state index contributed by atoms with van der Waals surface area (Å²) in [6.07, 6.45) is -0.315. The van der Waals surface area contributed by atoms with Gasteiger partial charge in [0.05, 0.1) is 34.8 Å². The van der Waals surface area contributed by atoms with Crippen molar-refractivity contribution in [3.8, 4) is 22.5 Å². The summed E-state index contributed by atoms with van der Waals surface area (Å²) in [6.45, 7) is 0. The number of nitrogens with zero attached hydrogens (tertiary/aromatic N) is 3. The number of halogens is 3. The number of hydrogen-bond donors (Lipinski definition) is 1. The smallest absolute Gasteiger partial charge is 0.349 e. The van der Waals surface area contributed by atoms with E-state index >= 15 is 0 Å². The van der Waals surface area contributed by atoms with Gasteiger partial charge >= 0.3 is 6.18 Å². The molecule has 0 spiro atoms. The van der Waals surface area contributed by atoms with Crippen molar-refractivity contribution in [1.29, 1.82) is 0 Å². The minimum absolute atomic E-state index is 0.00212. The van der Waals surface area contributed by atoms with E-state index in [0.717, 1.165) is 24.0 Å². The molecule has 1 unspecified atom stereocenters. The Hall–Kier alpha value is -3.53. The second kappa shape index (κ2) is 9.26. The summed E-state index contributed by atoms with van der Waals surface area (Å²) in [5.74, 6) is -0.729. The number of fused-ring (bicyclic) bond motifs is 1. The van der Waals surface area contributed by atoms with Crippen molar-refractivity contribution in [3.63, 3.8) is 0 Å². The van der Waals surface area contributed by atoms with E-state index < -0.39 is 29.1 Å². The van der Waals surface area contributed by atoms with Crippen LogP contribution in [-0.2, 0) is 10.8 Å². The maximum Gasteiger partial charge on any atom is 0.390 e. The van der Waals surface area contributed by atoms with Crippen LogP contribution >= 0.6 is 0 Å². The molecule has 2 heterocycles. The molecule has 2 aromatic heterocycles. The molecule has 0 bridgehead atoms. The van der Waals surface area contributed by atoms with Crippen LogP contribution in [0.3, 0.4) is 0 Å². The van der Waals surface area contributed by atoms with Crippen LogP contribution < -0.4 is 5.32 Å². The van der Waals surface area contributed by atoms with Gasteiger partial charge in [-0.2, -0.15) is 13.2 Å². The molecule has 1 N–H and O–H groups in total. The molecule has 1 saturated carbocycles. The average molecular weight is 499 g/mol. The topological polar surface area (TPSA) is 76.4 Å². The van der Waals surface area contributed by atoms with Gasteiger partial charge in [-0.3, -0.25) is 13.4 Å². The van der Waals surface area contributed by atoms with Gasteiger partial charge in [-0.15, -0.1) is 0 Å².